The van der Waals surface area contributed by atoms with Gasteiger partial charge in [-0.15, -0.1) is 0 Å². The fourth-order valence-corrected chi connectivity index (χ4v) is 3.07. The van der Waals surface area contributed by atoms with E-state index in [-0.39, 0.29) is 16.8 Å². The molecule has 2 amide bonds. The number of hydrogen-bond acceptors (Lipinski definition) is 1. The van der Waals surface area contributed by atoms with E-state index in [4.69, 9.17) is 11.6 Å². The van der Waals surface area contributed by atoms with E-state index in [0.29, 0.717) is 11.8 Å². The molecule has 3 nitrogen and oxygen atoms in total. The van der Waals surface area contributed by atoms with Crippen LogP contribution < -0.4 is 10.6 Å². The predicted molar refractivity (Wildman–Crippen MR) is 84.6 cm³/mol. The Morgan fingerprint density at radius 2 is 1.96 bits per heavy atom. The number of amides is 2. The zero-order valence-electron chi connectivity index (χ0n) is 13.0. The Balaban J connectivity index is 2.05. The maximum atomic E-state index is 12.7. The Labute approximate surface area is 138 Å². The first-order chi connectivity index (χ1) is 10.7. The Morgan fingerprint density at radius 1 is 1.26 bits per heavy atom. The van der Waals surface area contributed by atoms with Crippen LogP contribution in [-0.2, 0) is 6.18 Å². The van der Waals surface area contributed by atoms with Crippen LogP contribution in [0.1, 0.15) is 38.7 Å². The van der Waals surface area contributed by atoms with Crippen LogP contribution in [0.25, 0.3) is 0 Å². The monoisotopic (exact) mass is 348 g/mol. The van der Waals surface area contributed by atoms with Crippen molar-refractivity contribution in [2.45, 2.75) is 45.3 Å². The quantitative estimate of drug-likeness (QED) is 0.747. The van der Waals surface area contributed by atoms with Gasteiger partial charge in [0.25, 0.3) is 0 Å². The zero-order valence-corrected chi connectivity index (χ0v) is 13.8. The molecular weight excluding hydrogens is 329 g/mol. The van der Waals surface area contributed by atoms with Crippen molar-refractivity contribution < 1.29 is 18.0 Å². The number of halogens is 4. The van der Waals surface area contributed by atoms with E-state index in [0.717, 1.165) is 37.5 Å². The van der Waals surface area contributed by atoms with Crippen molar-refractivity contribution in [1.29, 1.82) is 0 Å². The van der Waals surface area contributed by atoms with Crippen molar-refractivity contribution in [3.8, 4) is 0 Å². The maximum absolute atomic E-state index is 12.7. The van der Waals surface area contributed by atoms with Gasteiger partial charge < -0.3 is 10.6 Å². The summed E-state index contributed by atoms with van der Waals surface area (Å²) >= 11 is 5.88. The number of benzene rings is 1. The molecule has 0 bridgehead atoms. The summed E-state index contributed by atoms with van der Waals surface area (Å²) in [4.78, 5) is 12.1. The van der Waals surface area contributed by atoms with E-state index < -0.39 is 17.8 Å². The van der Waals surface area contributed by atoms with Crippen LogP contribution in [0.3, 0.4) is 0 Å². The van der Waals surface area contributed by atoms with E-state index in [1.165, 1.54) is 0 Å². The smallest absolute Gasteiger partial charge is 0.335 e. The fourth-order valence-electron chi connectivity index (χ4n) is 2.91. The zero-order chi connectivity index (χ0) is 17.2. The van der Waals surface area contributed by atoms with Gasteiger partial charge in [-0.05, 0) is 36.5 Å². The van der Waals surface area contributed by atoms with E-state index in [1.807, 2.05) is 0 Å². The molecule has 1 aromatic rings. The summed E-state index contributed by atoms with van der Waals surface area (Å²) in [5.74, 6) is 0.831. The molecule has 23 heavy (non-hydrogen) atoms. The molecular formula is C16H20ClF3N2O. The van der Waals surface area contributed by atoms with E-state index >= 15 is 0 Å². The highest BCUT2D eigenvalue weighted by Crippen LogP contribution is 2.34. The Kier molecular flexibility index (Phi) is 5.45. The molecule has 1 fully saturated rings. The number of alkyl halides is 3. The Hall–Kier alpha value is -1.43. The van der Waals surface area contributed by atoms with Gasteiger partial charge in [-0.3, -0.25) is 0 Å². The molecule has 0 saturated heterocycles. The summed E-state index contributed by atoms with van der Waals surface area (Å²) in [5, 5.41) is 5.33. The van der Waals surface area contributed by atoms with Crippen molar-refractivity contribution in [2.24, 2.45) is 11.8 Å². The van der Waals surface area contributed by atoms with E-state index in [2.05, 4.69) is 24.5 Å². The number of hydrogen-bond donors (Lipinski definition) is 2. The lowest BCUT2D eigenvalue weighted by Crippen LogP contribution is -2.45. The second-order valence-electron chi connectivity index (χ2n) is 6.16. The van der Waals surface area contributed by atoms with Crippen molar-refractivity contribution in [2.75, 3.05) is 5.32 Å². The summed E-state index contributed by atoms with van der Waals surface area (Å²) in [6.45, 7) is 4.21. The predicted octanol–water partition coefficient (Wildman–Crippen LogP) is 5.31. The topological polar surface area (TPSA) is 41.1 Å². The molecule has 0 unspecified atom stereocenters. The average molecular weight is 349 g/mol. The van der Waals surface area contributed by atoms with Gasteiger partial charge in [-0.1, -0.05) is 38.3 Å². The molecule has 2 N–H and O–H groups in total. The molecule has 1 saturated carbocycles. The first kappa shape index (κ1) is 17.9. The highest BCUT2D eigenvalue weighted by atomic mass is 35.5. The number of anilines is 1. The van der Waals surface area contributed by atoms with Crippen LogP contribution in [0.2, 0.25) is 5.02 Å². The summed E-state index contributed by atoms with van der Waals surface area (Å²) in [6.07, 6.45) is -1.46. The number of carbonyl (C=O) groups is 1. The molecule has 3 atom stereocenters. The van der Waals surface area contributed by atoms with Crippen molar-refractivity contribution in [3.63, 3.8) is 0 Å². The molecule has 0 spiro atoms. The number of carbonyl (C=O) groups excluding carboxylic acids is 1. The van der Waals surface area contributed by atoms with Crippen LogP contribution in [0.15, 0.2) is 18.2 Å². The van der Waals surface area contributed by atoms with Crippen LogP contribution >= 0.6 is 11.6 Å². The lowest BCUT2D eigenvalue weighted by Gasteiger charge is -2.34. The van der Waals surface area contributed by atoms with Gasteiger partial charge in [-0.25, -0.2) is 4.79 Å². The van der Waals surface area contributed by atoms with Gasteiger partial charge in [0.2, 0.25) is 0 Å². The minimum Gasteiger partial charge on any atom is -0.335 e. The van der Waals surface area contributed by atoms with Crippen molar-refractivity contribution in [1.82, 2.24) is 5.32 Å². The third-order valence-corrected chi connectivity index (χ3v) is 4.89. The standard InChI is InChI=1S/C16H20ClF3N2O/c1-9-4-3-5-13(10(9)2)21-15(23)22-14-8-11(16(18,19)20)6-7-12(14)17/h6-10,13H,3-5H2,1-2H3,(H2,21,22,23)/t9-,10-,13+/m1/s1. The van der Waals surface area contributed by atoms with Crippen molar-refractivity contribution >= 4 is 23.3 Å². The summed E-state index contributed by atoms with van der Waals surface area (Å²) in [7, 11) is 0. The molecule has 0 heterocycles. The van der Waals surface area contributed by atoms with Gasteiger partial charge in [0.05, 0.1) is 16.3 Å². The van der Waals surface area contributed by atoms with Gasteiger partial charge >= 0.3 is 12.2 Å². The van der Waals surface area contributed by atoms with Gasteiger partial charge in [0.1, 0.15) is 0 Å². The fraction of sp³-hybridized carbons (Fsp3) is 0.562. The summed E-state index contributed by atoms with van der Waals surface area (Å²) in [5.41, 5.74) is -0.896. The lowest BCUT2D eigenvalue weighted by atomic mass is 9.78. The third kappa shape index (κ3) is 4.53. The van der Waals surface area contributed by atoms with Gasteiger partial charge in [-0.2, -0.15) is 13.2 Å². The number of nitrogens with one attached hydrogen (secondary N) is 2. The van der Waals surface area contributed by atoms with Gasteiger partial charge in [0, 0.05) is 6.04 Å². The highest BCUT2D eigenvalue weighted by molar-refractivity contribution is 6.33. The third-order valence-electron chi connectivity index (χ3n) is 4.57. The lowest BCUT2D eigenvalue weighted by molar-refractivity contribution is -0.137. The molecule has 0 aliphatic heterocycles. The molecule has 7 heteroatoms. The molecule has 128 valence electrons. The second kappa shape index (κ2) is 6.99. The van der Waals surface area contributed by atoms with Crippen LogP contribution in [-0.4, -0.2) is 12.1 Å². The molecule has 2 rings (SSSR count). The summed E-state index contributed by atoms with van der Waals surface area (Å²) < 4.78 is 38.2. The minimum absolute atomic E-state index is 0.0170. The van der Waals surface area contributed by atoms with Crippen molar-refractivity contribution in [3.05, 3.63) is 28.8 Å². The van der Waals surface area contributed by atoms with Crippen LogP contribution in [0.5, 0.6) is 0 Å². The first-order valence-electron chi connectivity index (χ1n) is 7.62. The summed E-state index contributed by atoms with van der Waals surface area (Å²) in [6, 6.07) is 2.34. The molecule has 1 aliphatic rings. The van der Waals surface area contributed by atoms with Gasteiger partial charge in [0.15, 0.2) is 0 Å². The van der Waals surface area contributed by atoms with E-state index in [9.17, 15) is 18.0 Å². The SMILES string of the molecule is C[C@@H]1[C@H](C)CCC[C@@H]1NC(=O)Nc1cc(C(F)(F)F)ccc1Cl. The number of urea groups is 1. The average Bonchev–Trinajstić information content (AvgIpc) is 2.45. The molecule has 1 aromatic carbocycles. The second-order valence-corrected chi connectivity index (χ2v) is 6.57. The molecule has 0 radical (unpaired) electrons. The van der Waals surface area contributed by atoms with Crippen LogP contribution in [0, 0.1) is 11.8 Å². The van der Waals surface area contributed by atoms with E-state index in [1.54, 1.807) is 0 Å². The molecule has 0 aromatic heterocycles. The number of rotatable bonds is 2. The Bertz CT molecular complexity index is 577. The largest absolute Gasteiger partial charge is 0.416 e. The van der Waals surface area contributed by atoms with Crippen LogP contribution in [0.4, 0.5) is 23.7 Å². The normalized spacial score (nSPS) is 25.0. The Morgan fingerprint density at radius 3 is 2.61 bits per heavy atom. The molecule has 1 aliphatic carbocycles. The first-order valence-corrected chi connectivity index (χ1v) is 8.00. The maximum Gasteiger partial charge on any atom is 0.416 e. The minimum atomic E-state index is -4.48. The highest BCUT2D eigenvalue weighted by Gasteiger charge is 2.31.